The van der Waals surface area contributed by atoms with Gasteiger partial charge in [-0.15, -0.1) is 0 Å². The van der Waals surface area contributed by atoms with Crippen molar-refractivity contribution in [2.24, 2.45) is 5.92 Å². The van der Waals surface area contributed by atoms with Gasteiger partial charge in [-0.1, -0.05) is 17.2 Å². The Morgan fingerprint density at radius 3 is 2.44 bits per heavy atom. The molecule has 0 spiro atoms. The second-order valence-electron chi connectivity index (χ2n) is 9.42. The third kappa shape index (κ3) is 4.55. The number of hydrogen-bond donors (Lipinski definition) is 1. The van der Waals surface area contributed by atoms with Crippen molar-refractivity contribution in [2.45, 2.75) is 47.1 Å². The number of fused-ring (bicyclic) bond motifs is 1. The van der Waals surface area contributed by atoms with Gasteiger partial charge in [0.2, 0.25) is 5.91 Å². The highest BCUT2D eigenvalue weighted by Gasteiger charge is 2.27. The summed E-state index contributed by atoms with van der Waals surface area (Å²) in [4.78, 5) is 19.7. The molecule has 0 atom stereocenters. The number of aromatic nitrogens is 3. The van der Waals surface area contributed by atoms with Crippen LogP contribution in [0.25, 0.3) is 16.9 Å². The van der Waals surface area contributed by atoms with E-state index in [0.717, 1.165) is 65.9 Å². The van der Waals surface area contributed by atoms with Crippen molar-refractivity contribution < 1.29 is 9.21 Å². The van der Waals surface area contributed by atoms with Crippen molar-refractivity contribution >= 4 is 17.4 Å². The van der Waals surface area contributed by atoms with Crippen molar-refractivity contribution in [3.05, 3.63) is 70.8 Å². The van der Waals surface area contributed by atoms with E-state index in [1.165, 1.54) is 11.1 Å². The molecule has 7 heteroatoms. The van der Waals surface area contributed by atoms with E-state index in [0.29, 0.717) is 6.54 Å². The van der Waals surface area contributed by atoms with Crippen molar-refractivity contribution in [1.82, 2.24) is 19.9 Å². The van der Waals surface area contributed by atoms with Crippen LogP contribution in [0.1, 0.15) is 41.2 Å². The first-order valence-corrected chi connectivity index (χ1v) is 11.9. The Hall–Kier alpha value is -3.61. The smallest absolute Gasteiger partial charge is 0.223 e. The maximum atomic E-state index is 12.7. The van der Waals surface area contributed by atoms with E-state index in [9.17, 15) is 4.79 Å². The molecule has 5 rings (SSSR count). The van der Waals surface area contributed by atoms with Crippen LogP contribution in [0.5, 0.6) is 0 Å². The first-order valence-electron chi connectivity index (χ1n) is 11.9. The highest BCUT2D eigenvalue weighted by Crippen LogP contribution is 2.28. The molecule has 34 heavy (non-hydrogen) atoms. The van der Waals surface area contributed by atoms with Crippen molar-refractivity contribution in [2.75, 3.05) is 18.0 Å². The zero-order valence-electron chi connectivity index (χ0n) is 20.3. The average molecular weight is 458 g/mol. The fourth-order valence-corrected chi connectivity index (χ4v) is 4.84. The molecular formula is C27H31N5O2. The topological polar surface area (TPSA) is 75.7 Å². The number of amides is 1. The Balaban J connectivity index is 1.31. The highest BCUT2D eigenvalue weighted by atomic mass is 16.3. The third-order valence-electron chi connectivity index (χ3n) is 6.48. The molecule has 1 N–H and O–H groups in total. The van der Waals surface area contributed by atoms with Crippen LogP contribution in [0.3, 0.4) is 0 Å². The molecule has 0 radical (unpaired) electrons. The summed E-state index contributed by atoms with van der Waals surface area (Å²) in [6.45, 7) is 10.2. The Morgan fingerprint density at radius 2 is 1.76 bits per heavy atom. The lowest BCUT2D eigenvalue weighted by Crippen LogP contribution is -2.41. The minimum absolute atomic E-state index is 0.00851. The molecule has 3 aromatic heterocycles. The van der Waals surface area contributed by atoms with Gasteiger partial charge < -0.3 is 14.6 Å². The van der Waals surface area contributed by atoms with Gasteiger partial charge in [0.25, 0.3) is 0 Å². The number of nitrogens with zero attached hydrogens (tertiary/aromatic N) is 4. The summed E-state index contributed by atoms with van der Waals surface area (Å²) in [7, 11) is 0. The number of anilines is 1. The molecule has 0 aliphatic carbocycles. The van der Waals surface area contributed by atoms with Gasteiger partial charge in [0, 0.05) is 42.4 Å². The number of rotatable bonds is 5. The summed E-state index contributed by atoms with van der Waals surface area (Å²) in [5.74, 6) is 2.78. The molecule has 7 nitrogen and oxygen atoms in total. The molecular weight excluding hydrogens is 426 g/mol. The number of carbonyl (C=O) groups excluding carboxylic acids is 1. The Kier molecular flexibility index (Phi) is 5.86. The molecule has 4 heterocycles. The van der Waals surface area contributed by atoms with Crippen LogP contribution in [0.15, 0.2) is 46.9 Å². The minimum Gasteiger partial charge on any atom is -0.465 e. The van der Waals surface area contributed by atoms with Gasteiger partial charge in [0.1, 0.15) is 17.3 Å². The van der Waals surface area contributed by atoms with Gasteiger partial charge in [0.05, 0.1) is 12.2 Å². The Morgan fingerprint density at radius 1 is 1.03 bits per heavy atom. The summed E-state index contributed by atoms with van der Waals surface area (Å²) < 4.78 is 7.50. The van der Waals surface area contributed by atoms with Crippen LogP contribution in [0.2, 0.25) is 0 Å². The summed E-state index contributed by atoms with van der Waals surface area (Å²) in [6.07, 6.45) is 1.61. The molecule has 1 amide bonds. The average Bonchev–Trinajstić information content (AvgIpc) is 3.42. The largest absolute Gasteiger partial charge is 0.465 e. The number of hydrogen-bond acceptors (Lipinski definition) is 5. The molecule has 1 saturated heterocycles. The molecule has 176 valence electrons. The maximum absolute atomic E-state index is 12.7. The van der Waals surface area contributed by atoms with Gasteiger partial charge in [-0.2, -0.15) is 9.61 Å². The fraction of sp³-hybridized carbons (Fsp3) is 0.370. The second kappa shape index (κ2) is 8.97. The second-order valence-corrected chi connectivity index (χ2v) is 9.42. The Labute approximate surface area is 199 Å². The zero-order valence-corrected chi connectivity index (χ0v) is 20.3. The number of aryl methyl sites for hydroxylation is 4. The lowest BCUT2D eigenvalue weighted by Gasteiger charge is -2.33. The molecule has 0 bridgehead atoms. The monoisotopic (exact) mass is 457 g/mol. The Bertz CT molecular complexity index is 1320. The summed E-state index contributed by atoms with van der Waals surface area (Å²) in [5.41, 5.74) is 6.28. The van der Waals surface area contributed by atoms with Crippen molar-refractivity contribution in [1.29, 1.82) is 0 Å². The third-order valence-corrected chi connectivity index (χ3v) is 6.48. The summed E-state index contributed by atoms with van der Waals surface area (Å²) >= 11 is 0. The van der Waals surface area contributed by atoms with E-state index in [1.807, 2.05) is 30.5 Å². The van der Waals surface area contributed by atoms with Crippen LogP contribution in [0, 0.1) is 33.6 Å². The molecule has 0 saturated carbocycles. The number of benzene rings is 1. The van der Waals surface area contributed by atoms with Crippen LogP contribution < -0.4 is 10.2 Å². The van der Waals surface area contributed by atoms with Crippen molar-refractivity contribution in [3.8, 4) is 11.3 Å². The van der Waals surface area contributed by atoms with Crippen LogP contribution >= 0.6 is 0 Å². The van der Waals surface area contributed by atoms with Gasteiger partial charge in [-0.05, 0) is 64.8 Å². The minimum atomic E-state index is 0.00851. The van der Waals surface area contributed by atoms with Gasteiger partial charge in [-0.25, -0.2) is 4.98 Å². The summed E-state index contributed by atoms with van der Waals surface area (Å²) in [5, 5.41) is 7.95. The first-order chi connectivity index (χ1) is 16.4. The van der Waals surface area contributed by atoms with Gasteiger partial charge in [0.15, 0.2) is 5.65 Å². The summed E-state index contributed by atoms with van der Waals surface area (Å²) in [6, 6.07) is 14.5. The lowest BCUT2D eigenvalue weighted by molar-refractivity contribution is -0.125. The molecule has 1 aromatic carbocycles. The van der Waals surface area contributed by atoms with E-state index < -0.39 is 0 Å². The number of carbonyl (C=O) groups is 1. The number of furan rings is 1. The van der Waals surface area contributed by atoms with E-state index in [1.54, 1.807) is 0 Å². The van der Waals surface area contributed by atoms with Gasteiger partial charge in [-0.3, -0.25) is 4.79 Å². The quantitative estimate of drug-likeness (QED) is 0.468. The molecule has 4 aromatic rings. The lowest BCUT2D eigenvalue weighted by atomic mass is 9.96. The van der Waals surface area contributed by atoms with E-state index in [-0.39, 0.29) is 11.8 Å². The first kappa shape index (κ1) is 22.2. The number of nitrogens with one attached hydrogen (secondary N) is 1. The SMILES string of the molecule is Cc1cc(C)cc(-c2cc3nc(C)cc(N4CCC(C(=O)NCc5ccc(C)o5)CC4)n3n2)c1. The zero-order chi connectivity index (χ0) is 23.8. The molecule has 1 fully saturated rings. The van der Waals surface area contributed by atoms with Gasteiger partial charge >= 0.3 is 0 Å². The number of piperidine rings is 1. The predicted octanol–water partition coefficient (Wildman–Crippen LogP) is 4.76. The fourth-order valence-electron chi connectivity index (χ4n) is 4.84. The van der Waals surface area contributed by atoms with Crippen LogP contribution in [-0.4, -0.2) is 33.6 Å². The van der Waals surface area contributed by atoms with Crippen LogP contribution in [0.4, 0.5) is 5.82 Å². The van der Waals surface area contributed by atoms with Crippen LogP contribution in [-0.2, 0) is 11.3 Å². The highest BCUT2D eigenvalue weighted by molar-refractivity contribution is 5.79. The standard InChI is InChI=1S/C27H31N5O2/c1-17-11-18(2)13-22(12-17)24-15-25-29-19(3)14-26(32(25)30-24)31-9-7-21(8-10-31)27(33)28-16-23-6-5-20(4)34-23/h5-6,11-15,21H,7-10,16H2,1-4H3,(H,28,33). The molecule has 1 aliphatic heterocycles. The van der Waals surface area contributed by atoms with E-state index in [2.05, 4.69) is 54.4 Å². The molecule has 0 unspecified atom stereocenters. The van der Waals surface area contributed by atoms with E-state index in [4.69, 9.17) is 14.5 Å². The maximum Gasteiger partial charge on any atom is 0.223 e. The normalized spacial score (nSPS) is 14.6. The van der Waals surface area contributed by atoms with E-state index >= 15 is 0 Å². The van der Waals surface area contributed by atoms with Crippen molar-refractivity contribution in [3.63, 3.8) is 0 Å². The molecule has 1 aliphatic rings. The predicted molar refractivity (Wildman–Crippen MR) is 133 cm³/mol.